The zero-order valence-corrected chi connectivity index (χ0v) is 20.5. The van der Waals surface area contributed by atoms with Gasteiger partial charge < -0.3 is 15.0 Å². The fraction of sp³-hybridized carbons (Fsp3) is 0.480. The molecule has 2 aliphatic rings. The number of nitrogens with one attached hydrogen (secondary N) is 1. The minimum Gasteiger partial charge on any atom is -0.378 e. The van der Waals surface area contributed by atoms with Crippen molar-refractivity contribution in [1.29, 1.82) is 0 Å². The van der Waals surface area contributed by atoms with Gasteiger partial charge in [-0.3, -0.25) is 4.79 Å². The summed E-state index contributed by atoms with van der Waals surface area (Å²) >= 11 is 0. The van der Waals surface area contributed by atoms with E-state index in [0.717, 1.165) is 54.4 Å². The number of anilines is 2. The molecule has 0 unspecified atom stereocenters. The Morgan fingerprint density at radius 2 is 1.64 bits per heavy atom. The minimum atomic E-state index is -3.55. The summed E-state index contributed by atoms with van der Waals surface area (Å²) in [4.78, 5) is 15.6. The molecule has 0 saturated carbocycles. The van der Waals surface area contributed by atoms with Gasteiger partial charge in [0.25, 0.3) is 0 Å². The Morgan fingerprint density at radius 3 is 2.27 bits per heavy atom. The molecule has 178 valence electrons. The van der Waals surface area contributed by atoms with Crippen LogP contribution in [0.3, 0.4) is 0 Å². The number of nitrogens with zero attached hydrogens (tertiary/aromatic N) is 2. The second-order valence-corrected chi connectivity index (χ2v) is 10.9. The molecule has 4 rings (SSSR count). The predicted molar refractivity (Wildman–Crippen MR) is 130 cm³/mol. The maximum atomic E-state index is 13.1. The van der Waals surface area contributed by atoms with E-state index >= 15 is 0 Å². The lowest BCUT2D eigenvalue weighted by Crippen LogP contribution is -2.41. The third-order valence-electron chi connectivity index (χ3n) is 6.62. The van der Waals surface area contributed by atoms with Crippen LogP contribution in [0, 0.1) is 26.7 Å². The number of hydrogen-bond acceptors (Lipinski definition) is 5. The molecule has 0 aliphatic carbocycles. The number of ether oxygens (including phenoxy) is 1. The molecule has 7 nitrogen and oxygen atoms in total. The van der Waals surface area contributed by atoms with Crippen molar-refractivity contribution < 1.29 is 17.9 Å². The number of piperidine rings is 1. The maximum absolute atomic E-state index is 13.1. The second kappa shape index (κ2) is 9.83. The summed E-state index contributed by atoms with van der Waals surface area (Å²) in [5, 5.41) is 3.06. The summed E-state index contributed by atoms with van der Waals surface area (Å²) in [6, 6.07) is 11.5. The molecule has 2 saturated heterocycles. The first-order chi connectivity index (χ1) is 15.8. The van der Waals surface area contributed by atoms with Crippen LogP contribution >= 0.6 is 0 Å². The number of carbonyl (C=O) groups excluding carboxylic acids is 1. The van der Waals surface area contributed by atoms with Crippen molar-refractivity contribution in [3.63, 3.8) is 0 Å². The number of morpholine rings is 1. The number of carbonyl (C=O) groups is 1. The van der Waals surface area contributed by atoms with E-state index in [1.807, 2.05) is 45.0 Å². The van der Waals surface area contributed by atoms with Crippen LogP contribution in [-0.4, -0.2) is 58.0 Å². The van der Waals surface area contributed by atoms with E-state index in [1.54, 1.807) is 6.07 Å². The third-order valence-corrected chi connectivity index (χ3v) is 8.68. The highest BCUT2D eigenvalue weighted by Gasteiger charge is 2.33. The van der Waals surface area contributed by atoms with Gasteiger partial charge in [-0.05, 0) is 69.0 Å². The van der Waals surface area contributed by atoms with Crippen molar-refractivity contribution in [3.05, 3.63) is 53.1 Å². The number of hydrogen-bond donors (Lipinski definition) is 1. The normalized spacial score (nSPS) is 18.3. The Kier molecular flexibility index (Phi) is 7.07. The molecular weight excluding hydrogens is 438 g/mol. The minimum absolute atomic E-state index is 0.0409. The topological polar surface area (TPSA) is 79.0 Å². The first-order valence-electron chi connectivity index (χ1n) is 11.6. The van der Waals surface area contributed by atoms with Crippen molar-refractivity contribution in [2.45, 2.75) is 38.5 Å². The van der Waals surface area contributed by atoms with Crippen LogP contribution in [0.4, 0.5) is 11.4 Å². The van der Waals surface area contributed by atoms with Crippen LogP contribution in [0.15, 0.2) is 41.3 Å². The summed E-state index contributed by atoms with van der Waals surface area (Å²) in [6.07, 6.45) is 1.03. The van der Waals surface area contributed by atoms with Gasteiger partial charge in [-0.1, -0.05) is 17.7 Å². The molecule has 0 radical (unpaired) electrons. The van der Waals surface area contributed by atoms with Gasteiger partial charge in [0.15, 0.2) is 0 Å². The number of aryl methyl sites for hydroxylation is 3. The fourth-order valence-electron chi connectivity index (χ4n) is 4.63. The van der Waals surface area contributed by atoms with E-state index in [9.17, 15) is 13.2 Å². The second-order valence-electron chi connectivity index (χ2n) is 9.04. The Bertz CT molecular complexity index is 1120. The van der Waals surface area contributed by atoms with E-state index in [0.29, 0.717) is 30.8 Å². The summed E-state index contributed by atoms with van der Waals surface area (Å²) in [7, 11) is -3.55. The molecule has 0 atom stereocenters. The van der Waals surface area contributed by atoms with Gasteiger partial charge in [0.1, 0.15) is 0 Å². The standard InChI is InChI=1S/C25H33N3O4S/c1-18-4-7-24(20(3)16-18)33(30,31)28-10-8-21(9-11-28)25(29)26-23-6-5-22(17-19(23)2)27-12-14-32-15-13-27/h4-7,16-17,21H,8-15H2,1-3H3,(H,26,29). The van der Waals surface area contributed by atoms with Gasteiger partial charge >= 0.3 is 0 Å². The highest BCUT2D eigenvalue weighted by atomic mass is 32.2. The lowest BCUT2D eigenvalue weighted by atomic mass is 9.97. The van der Waals surface area contributed by atoms with Gasteiger partial charge in [-0.2, -0.15) is 4.31 Å². The Labute approximate surface area is 196 Å². The first-order valence-corrected chi connectivity index (χ1v) is 13.0. The summed E-state index contributed by atoms with van der Waals surface area (Å²) < 4.78 is 33.1. The predicted octanol–water partition coefficient (Wildman–Crippen LogP) is 3.49. The smallest absolute Gasteiger partial charge is 0.243 e. The zero-order valence-electron chi connectivity index (χ0n) is 19.6. The van der Waals surface area contributed by atoms with Crippen molar-refractivity contribution in [2.75, 3.05) is 49.6 Å². The molecule has 2 aromatic carbocycles. The number of sulfonamides is 1. The first kappa shape index (κ1) is 23.7. The van der Waals surface area contributed by atoms with Crippen LogP contribution in [0.25, 0.3) is 0 Å². The molecule has 1 N–H and O–H groups in total. The largest absolute Gasteiger partial charge is 0.378 e. The Balaban J connectivity index is 1.36. The average Bonchev–Trinajstić information content (AvgIpc) is 2.80. The Hall–Kier alpha value is -2.42. The quantitative estimate of drug-likeness (QED) is 0.722. The van der Waals surface area contributed by atoms with Gasteiger partial charge in [-0.25, -0.2) is 8.42 Å². The lowest BCUT2D eigenvalue weighted by molar-refractivity contribution is -0.120. The maximum Gasteiger partial charge on any atom is 0.243 e. The summed E-state index contributed by atoms with van der Waals surface area (Å²) in [5.74, 6) is -0.241. The van der Waals surface area contributed by atoms with Gasteiger partial charge in [0.05, 0.1) is 18.1 Å². The van der Waals surface area contributed by atoms with Crippen molar-refractivity contribution in [3.8, 4) is 0 Å². The molecule has 0 spiro atoms. The molecule has 33 heavy (non-hydrogen) atoms. The van der Waals surface area contributed by atoms with E-state index in [2.05, 4.69) is 16.3 Å². The molecular formula is C25H33N3O4S. The van der Waals surface area contributed by atoms with Crippen LogP contribution < -0.4 is 10.2 Å². The molecule has 2 fully saturated rings. The van der Waals surface area contributed by atoms with Gasteiger partial charge in [-0.15, -0.1) is 0 Å². The third kappa shape index (κ3) is 5.23. The molecule has 2 heterocycles. The zero-order chi connectivity index (χ0) is 23.6. The fourth-order valence-corrected chi connectivity index (χ4v) is 6.30. The number of benzene rings is 2. The molecule has 2 aromatic rings. The number of amides is 1. The molecule has 1 amide bonds. The van der Waals surface area contributed by atoms with Crippen molar-refractivity contribution in [1.82, 2.24) is 4.31 Å². The van der Waals surface area contributed by atoms with Crippen LogP contribution in [0.5, 0.6) is 0 Å². The molecule has 8 heteroatoms. The van der Waals surface area contributed by atoms with E-state index < -0.39 is 10.0 Å². The Morgan fingerprint density at radius 1 is 0.939 bits per heavy atom. The van der Waals surface area contributed by atoms with Crippen LogP contribution in [-0.2, 0) is 19.6 Å². The van der Waals surface area contributed by atoms with Crippen molar-refractivity contribution in [2.24, 2.45) is 5.92 Å². The van der Waals surface area contributed by atoms with Crippen LogP contribution in [0.1, 0.15) is 29.5 Å². The lowest BCUT2D eigenvalue weighted by Gasteiger charge is -2.31. The number of rotatable bonds is 5. The highest BCUT2D eigenvalue weighted by molar-refractivity contribution is 7.89. The average molecular weight is 472 g/mol. The van der Waals surface area contributed by atoms with Gasteiger partial charge in [0.2, 0.25) is 15.9 Å². The highest BCUT2D eigenvalue weighted by Crippen LogP contribution is 2.28. The molecule has 0 aromatic heterocycles. The molecule has 2 aliphatic heterocycles. The van der Waals surface area contributed by atoms with Gasteiger partial charge in [0, 0.05) is 43.5 Å². The van der Waals surface area contributed by atoms with Crippen LogP contribution in [0.2, 0.25) is 0 Å². The van der Waals surface area contributed by atoms with E-state index in [4.69, 9.17) is 4.74 Å². The summed E-state index contributed by atoms with van der Waals surface area (Å²) in [5.41, 5.74) is 4.75. The van der Waals surface area contributed by atoms with Crippen molar-refractivity contribution >= 4 is 27.3 Å². The molecule has 0 bridgehead atoms. The van der Waals surface area contributed by atoms with E-state index in [-0.39, 0.29) is 11.8 Å². The monoisotopic (exact) mass is 471 g/mol. The SMILES string of the molecule is Cc1ccc(S(=O)(=O)N2CCC(C(=O)Nc3ccc(N4CCOCC4)cc3C)CC2)c(C)c1. The van der Waals surface area contributed by atoms with E-state index in [1.165, 1.54) is 4.31 Å². The summed E-state index contributed by atoms with van der Waals surface area (Å²) in [6.45, 7) is 9.68.